The molecule has 1 aliphatic carbocycles. The molecule has 0 aromatic heterocycles. The summed E-state index contributed by atoms with van der Waals surface area (Å²) in [6.45, 7) is 5.24. The Balaban J connectivity index is 2.17. The van der Waals surface area contributed by atoms with Crippen LogP contribution in [0.2, 0.25) is 0 Å². The van der Waals surface area contributed by atoms with Crippen molar-refractivity contribution in [1.29, 1.82) is 0 Å². The third kappa shape index (κ3) is 3.65. The third-order valence-corrected chi connectivity index (χ3v) is 3.30. The molecule has 13 heavy (non-hydrogen) atoms. The quantitative estimate of drug-likeness (QED) is 0.700. The van der Waals surface area contributed by atoms with Crippen LogP contribution in [0, 0.1) is 5.92 Å². The number of nitrogens with two attached hydrogens (primary N) is 1. The van der Waals surface area contributed by atoms with Crippen LogP contribution < -0.4 is 11.1 Å². The van der Waals surface area contributed by atoms with E-state index in [2.05, 4.69) is 19.2 Å². The molecular formula is C11H24N2. The lowest BCUT2D eigenvalue weighted by atomic mass is 9.84. The average molecular weight is 184 g/mol. The summed E-state index contributed by atoms with van der Waals surface area (Å²) in [5, 5.41) is 3.59. The van der Waals surface area contributed by atoms with Crippen LogP contribution in [0.4, 0.5) is 0 Å². The molecule has 0 radical (unpaired) electrons. The Hall–Kier alpha value is -0.0800. The zero-order chi connectivity index (χ0) is 9.68. The maximum atomic E-state index is 5.58. The van der Waals surface area contributed by atoms with Crippen molar-refractivity contribution in [3.05, 3.63) is 0 Å². The van der Waals surface area contributed by atoms with Crippen molar-refractivity contribution in [3.63, 3.8) is 0 Å². The van der Waals surface area contributed by atoms with Crippen LogP contribution in [0.25, 0.3) is 0 Å². The molecule has 1 aliphatic rings. The minimum atomic E-state index is 0.489. The molecule has 0 aliphatic heterocycles. The zero-order valence-electron chi connectivity index (χ0n) is 9.05. The van der Waals surface area contributed by atoms with Crippen LogP contribution in [0.3, 0.4) is 0 Å². The van der Waals surface area contributed by atoms with Gasteiger partial charge in [0.2, 0.25) is 0 Å². The Morgan fingerprint density at radius 2 is 1.92 bits per heavy atom. The van der Waals surface area contributed by atoms with Crippen molar-refractivity contribution >= 4 is 0 Å². The molecule has 0 amide bonds. The topological polar surface area (TPSA) is 38.0 Å². The minimum Gasteiger partial charge on any atom is -0.329 e. The van der Waals surface area contributed by atoms with Gasteiger partial charge in [0, 0.05) is 18.6 Å². The molecule has 3 N–H and O–H groups in total. The van der Waals surface area contributed by atoms with E-state index in [9.17, 15) is 0 Å². The summed E-state index contributed by atoms with van der Waals surface area (Å²) in [6.07, 6.45) is 6.88. The van der Waals surface area contributed by atoms with Crippen molar-refractivity contribution in [2.24, 2.45) is 11.7 Å². The highest BCUT2D eigenvalue weighted by Gasteiger charge is 2.20. The fourth-order valence-electron chi connectivity index (χ4n) is 2.21. The van der Waals surface area contributed by atoms with Gasteiger partial charge in [-0.25, -0.2) is 0 Å². The lowest BCUT2D eigenvalue weighted by Crippen LogP contribution is -2.42. The van der Waals surface area contributed by atoms with E-state index in [1.54, 1.807) is 0 Å². The summed E-state index contributed by atoms with van der Waals surface area (Å²) in [6, 6.07) is 1.23. The van der Waals surface area contributed by atoms with Crippen LogP contribution in [0.1, 0.15) is 46.0 Å². The Morgan fingerprint density at radius 3 is 2.38 bits per heavy atom. The molecule has 0 heterocycles. The molecule has 1 unspecified atom stereocenters. The summed E-state index contributed by atoms with van der Waals surface area (Å²) < 4.78 is 0. The van der Waals surface area contributed by atoms with Gasteiger partial charge in [-0.15, -0.1) is 0 Å². The van der Waals surface area contributed by atoms with Crippen molar-refractivity contribution < 1.29 is 0 Å². The fourth-order valence-corrected chi connectivity index (χ4v) is 2.21. The molecule has 0 bridgehead atoms. The summed E-state index contributed by atoms with van der Waals surface area (Å²) in [5.41, 5.74) is 5.58. The second-order valence-corrected chi connectivity index (χ2v) is 4.43. The van der Waals surface area contributed by atoms with Crippen LogP contribution in [-0.4, -0.2) is 18.6 Å². The van der Waals surface area contributed by atoms with Gasteiger partial charge in [-0.2, -0.15) is 0 Å². The van der Waals surface area contributed by atoms with Crippen LogP contribution in [0.5, 0.6) is 0 Å². The molecule has 1 rings (SSSR count). The third-order valence-electron chi connectivity index (χ3n) is 3.30. The molecule has 0 aromatic rings. The molecule has 1 atom stereocenters. The zero-order valence-corrected chi connectivity index (χ0v) is 9.05. The highest BCUT2D eigenvalue weighted by atomic mass is 15.0. The summed E-state index contributed by atoms with van der Waals surface area (Å²) in [5.74, 6) is 0.992. The van der Waals surface area contributed by atoms with E-state index in [-0.39, 0.29) is 0 Å². The van der Waals surface area contributed by atoms with E-state index in [1.165, 1.54) is 32.1 Å². The van der Waals surface area contributed by atoms with Crippen molar-refractivity contribution in [1.82, 2.24) is 5.32 Å². The lowest BCUT2D eigenvalue weighted by Gasteiger charge is -2.30. The smallest absolute Gasteiger partial charge is 0.0164 e. The molecule has 2 heteroatoms. The lowest BCUT2D eigenvalue weighted by molar-refractivity contribution is 0.273. The molecule has 1 saturated carbocycles. The predicted octanol–water partition coefficient (Wildman–Crippen LogP) is 1.89. The van der Waals surface area contributed by atoms with Crippen molar-refractivity contribution in [3.8, 4) is 0 Å². The van der Waals surface area contributed by atoms with Gasteiger partial charge in [0.15, 0.2) is 0 Å². The molecule has 0 spiro atoms. The van der Waals surface area contributed by atoms with Gasteiger partial charge in [0.1, 0.15) is 0 Å². The van der Waals surface area contributed by atoms with Gasteiger partial charge in [0.05, 0.1) is 0 Å². The van der Waals surface area contributed by atoms with Crippen LogP contribution in [0.15, 0.2) is 0 Å². The average Bonchev–Trinajstić information content (AvgIpc) is 2.19. The highest BCUT2D eigenvalue weighted by molar-refractivity contribution is 4.78. The molecular weight excluding hydrogens is 160 g/mol. The van der Waals surface area contributed by atoms with Crippen LogP contribution >= 0.6 is 0 Å². The first kappa shape index (κ1) is 11.0. The van der Waals surface area contributed by atoms with E-state index >= 15 is 0 Å². The maximum absolute atomic E-state index is 5.58. The van der Waals surface area contributed by atoms with E-state index in [1.807, 2.05) is 0 Å². The first-order chi connectivity index (χ1) is 6.26. The van der Waals surface area contributed by atoms with Gasteiger partial charge in [-0.05, 0) is 38.5 Å². The Morgan fingerprint density at radius 1 is 1.31 bits per heavy atom. The van der Waals surface area contributed by atoms with Gasteiger partial charge in [0.25, 0.3) is 0 Å². The van der Waals surface area contributed by atoms with Crippen molar-refractivity contribution in [2.75, 3.05) is 6.54 Å². The maximum Gasteiger partial charge on any atom is 0.0164 e. The normalized spacial score (nSPS) is 31.6. The Bertz CT molecular complexity index is 128. The highest BCUT2D eigenvalue weighted by Crippen LogP contribution is 2.26. The molecule has 78 valence electrons. The first-order valence-electron chi connectivity index (χ1n) is 5.72. The van der Waals surface area contributed by atoms with E-state index in [4.69, 9.17) is 5.73 Å². The fraction of sp³-hybridized carbons (Fsp3) is 1.00. The first-order valence-corrected chi connectivity index (χ1v) is 5.72. The number of rotatable bonds is 4. The van der Waals surface area contributed by atoms with Gasteiger partial charge in [-0.3, -0.25) is 0 Å². The van der Waals surface area contributed by atoms with Gasteiger partial charge < -0.3 is 11.1 Å². The van der Waals surface area contributed by atoms with Crippen LogP contribution in [-0.2, 0) is 0 Å². The van der Waals surface area contributed by atoms with E-state index in [0.29, 0.717) is 6.04 Å². The SMILES string of the molecule is CCC1CCC(NC(C)CN)CC1. The number of hydrogen-bond acceptors (Lipinski definition) is 2. The predicted molar refractivity (Wildman–Crippen MR) is 57.7 cm³/mol. The second kappa shape index (κ2) is 5.61. The summed E-state index contributed by atoms with van der Waals surface area (Å²) >= 11 is 0. The van der Waals surface area contributed by atoms with Gasteiger partial charge >= 0.3 is 0 Å². The second-order valence-electron chi connectivity index (χ2n) is 4.43. The number of hydrogen-bond donors (Lipinski definition) is 2. The number of nitrogens with one attached hydrogen (secondary N) is 1. The standard InChI is InChI=1S/C11H24N2/c1-3-10-4-6-11(7-5-10)13-9(2)8-12/h9-11,13H,3-8,12H2,1-2H3. The molecule has 0 saturated heterocycles. The molecule has 2 nitrogen and oxygen atoms in total. The minimum absolute atomic E-state index is 0.489. The van der Waals surface area contributed by atoms with Crippen molar-refractivity contribution in [2.45, 2.75) is 58.0 Å². The monoisotopic (exact) mass is 184 g/mol. The largest absolute Gasteiger partial charge is 0.329 e. The molecule has 0 aromatic carbocycles. The summed E-state index contributed by atoms with van der Waals surface area (Å²) in [4.78, 5) is 0. The Kier molecular flexibility index (Phi) is 4.74. The Labute approximate surface area is 82.3 Å². The van der Waals surface area contributed by atoms with E-state index < -0.39 is 0 Å². The van der Waals surface area contributed by atoms with Gasteiger partial charge in [-0.1, -0.05) is 13.3 Å². The van der Waals surface area contributed by atoms with E-state index in [0.717, 1.165) is 18.5 Å². The molecule has 1 fully saturated rings. The summed E-state index contributed by atoms with van der Waals surface area (Å²) in [7, 11) is 0.